The second-order valence-corrected chi connectivity index (χ2v) is 6.74. The Bertz CT molecular complexity index is 673. The zero-order valence-electron chi connectivity index (χ0n) is 11.5. The molecular formula is C12H15N3O6S. The van der Waals surface area contributed by atoms with Gasteiger partial charge in [-0.25, -0.2) is 13.2 Å². The van der Waals surface area contributed by atoms with Crippen molar-refractivity contribution >= 4 is 21.8 Å². The van der Waals surface area contributed by atoms with Crippen molar-refractivity contribution in [2.45, 2.75) is 23.8 Å². The lowest BCUT2D eigenvalue weighted by Crippen LogP contribution is -2.42. The highest BCUT2D eigenvalue weighted by Crippen LogP contribution is 2.26. The Morgan fingerprint density at radius 3 is 2.59 bits per heavy atom. The smallest absolute Gasteiger partial charge is 0.404 e. The van der Waals surface area contributed by atoms with Crippen molar-refractivity contribution in [1.29, 1.82) is 0 Å². The molecule has 0 radical (unpaired) electrons. The molecule has 1 aliphatic heterocycles. The number of nitro benzene ring substituents is 1. The van der Waals surface area contributed by atoms with Gasteiger partial charge in [-0.15, -0.1) is 0 Å². The molecule has 22 heavy (non-hydrogen) atoms. The number of carboxylic acid groups (broad SMARTS) is 1. The molecule has 0 aromatic heterocycles. The molecule has 1 unspecified atom stereocenters. The molecule has 1 aliphatic rings. The van der Waals surface area contributed by atoms with Gasteiger partial charge in [0.15, 0.2) is 0 Å². The van der Waals surface area contributed by atoms with E-state index in [1.165, 1.54) is 16.4 Å². The van der Waals surface area contributed by atoms with E-state index in [1.807, 2.05) is 0 Å². The van der Waals surface area contributed by atoms with Gasteiger partial charge >= 0.3 is 6.09 Å². The summed E-state index contributed by atoms with van der Waals surface area (Å²) in [6.45, 7) is 0.312. The minimum atomic E-state index is -3.80. The van der Waals surface area contributed by atoms with Crippen molar-refractivity contribution in [1.82, 2.24) is 9.62 Å². The predicted octanol–water partition coefficient (Wildman–Crippen LogP) is 1.02. The number of hydrogen-bond donors (Lipinski definition) is 2. The Kier molecular flexibility index (Phi) is 4.62. The quantitative estimate of drug-likeness (QED) is 0.612. The first-order valence-electron chi connectivity index (χ1n) is 6.55. The lowest BCUT2D eigenvalue weighted by molar-refractivity contribution is -0.384. The van der Waals surface area contributed by atoms with E-state index in [-0.39, 0.29) is 17.1 Å². The Morgan fingerprint density at radius 1 is 1.41 bits per heavy atom. The van der Waals surface area contributed by atoms with Crippen LogP contribution in [-0.2, 0) is 10.0 Å². The Hall–Kier alpha value is -2.20. The van der Waals surface area contributed by atoms with Gasteiger partial charge in [-0.1, -0.05) is 0 Å². The second kappa shape index (κ2) is 6.28. The van der Waals surface area contributed by atoms with Crippen LogP contribution in [-0.4, -0.2) is 48.0 Å². The topological polar surface area (TPSA) is 130 Å². The van der Waals surface area contributed by atoms with Gasteiger partial charge in [0.2, 0.25) is 10.0 Å². The molecule has 2 N–H and O–H groups in total. The van der Waals surface area contributed by atoms with Gasteiger partial charge in [-0.2, -0.15) is 4.31 Å². The van der Waals surface area contributed by atoms with Crippen LogP contribution < -0.4 is 5.32 Å². The molecule has 9 nitrogen and oxygen atoms in total. The largest absolute Gasteiger partial charge is 0.465 e. The predicted molar refractivity (Wildman–Crippen MR) is 76.0 cm³/mol. The summed E-state index contributed by atoms with van der Waals surface area (Å²) in [7, 11) is -3.80. The van der Waals surface area contributed by atoms with Crippen molar-refractivity contribution in [2.75, 3.05) is 13.1 Å². The molecule has 120 valence electrons. The standard InChI is InChI=1S/C12H15N3O6S/c16-12(17)13-8-10-2-1-7-14(10)22(20,21)11-5-3-9(4-6-11)15(18)19/h3-6,10,13H,1-2,7-8H2,(H,16,17). The molecule has 1 atom stereocenters. The number of benzene rings is 1. The van der Waals surface area contributed by atoms with Gasteiger partial charge in [0, 0.05) is 31.3 Å². The van der Waals surface area contributed by atoms with Crippen LogP contribution in [0.15, 0.2) is 29.2 Å². The van der Waals surface area contributed by atoms with Gasteiger partial charge in [0.05, 0.1) is 9.82 Å². The molecule has 1 amide bonds. The van der Waals surface area contributed by atoms with Crippen LogP contribution in [0.4, 0.5) is 10.5 Å². The highest BCUT2D eigenvalue weighted by Gasteiger charge is 2.35. The number of carbonyl (C=O) groups is 1. The van der Waals surface area contributed by atoms with Crippen LogP contribution in [0.25, 0.3) is 0 Å². The Balaban J connectivity index is 2.21. The number of nitrogens with one attached hydrogen (secondary N) is 1. The van der Waals surface area contributed by atoms with Crippen molar-refractivity contribution in [3.63, 3.8) is 0 Å². The maximum Gasteiger partial charge on any atom is 0.404 e. The zero-order chi connectivity index (χ0) is 16.3. The number of amides is 1. The number of hydrogen-bond acceptors (Lipinski definition) is 5. The van der Waals surface area contributed by atoms with Crippen LogP contribution in [0.1, 0.15) is 12.8 Å². The van der Waals surface area contributed by atoms with E-state index in [9.17, 15) is 23.3 Å². The molecule has 2 rings (SSSR count). The van der Waals surface area contributed by atoms with Gasteiger partial charge in [-0.05, 0) is 25.0 Å². The summed E-state index contributed by atoms with van der Waals surface area (Å²) in [5.41, 5.74) is -0.190. The number of rotatable bonds is 5. The average Bonchev–Trinajstić information content (AvgIpc) is 2.94. The van der Waals surface area contributed by atoms with E-state index in [0.29, 0.717) is 19.4 Å². The molecule has 1 aromatic carbocycles. The molecule has 0 saturated carbocycles. The fraction of sp³-hybridized carbons (Fsp3) is 0.417. The fourth-order valence-corrected chi connectivity index (χ4v) is 4.10. The number of nitro groups is 1. The van der Waals surface area contributed by atoms with Crippen molar-refractivity contribution < 1.29 is 23.2 Å². The summed E-state index contributed by atoms with van der Waals surface area (Å²) < 4.78 is 26.3. The van der Waals surface area contributed by atoms with E-state index < -0.39 is 27.1 Å². The number of nitrogens with zero attached hydrogens (tertiary/aromatic N) is 2. The lowest BCUT2D eigenvalue weighted by Gasteiger charge is -2.23. The highest BCUT2D eigenvalue weighted by molar-refractivity contribution is 7.89. The summed E-state index contributed by atoms with van der Waals surface area (Å²) in [4.78, 5) is 20.5. The Morgan fingerprint density at radius 2 is 2.05 bits per heavy atom. The van der Waals surface area contributed by atoms with Gasteiger partial charge in [0.25, 0.3) is 5.69 Å². The third kappa shape index (κ3) is 3.34. The first-order chi connectivity index (χ1) is 10.3. The number of non-ortho nitro benzene ring substituents is 1. The fourth-order valence-electron chi connectivity index (χ4n) is 2.41. The summed E-state index contributed by atoms with van der Waals surface area (Å²) in [6.07, 6.45) is -0.00964. The third-order valence-electron chi connectivity index (χ3n) is 3.47. The normalized spacial score (nSPS) is 19.0. The molecule has 1 aromatic rings. The zero-order valence-corrected chi connectivity index (χ0v) is 12.3. The summed E-state index contributed by atoms with van der Waals surface area (Å²) >= 11 is 0. The van der Waals surface area contributed by atoms with Crippen LogP contribution in [0.3, 0.4) is 0 Å². The van der Waals surface area contributed by atoms with Crippen molar-refractivity contribution in [2.24, 2.45) is 0 Å². The van der Waals surface area contributed by atoms with Crippen LogP contribution in [0, 0.1) is 10.1 Å². The van der Waals surface area contributed by atoms with Gasteiger partial charge in [0.1, 0.15) is 0 Å². The van der Waals surface area contributed by atoms with Gasteiger partial charge in [-0.3, -0.25) is 10.1 Å². The van der Waals surface area contributed by atoms with Gasteiger partial charge < -0.3 is 10.4 Å². The molecular weight excluding hydrogens is 314 g/mol. The maximum atomic E-state index is 12.6. The van der Waals surface area contributed by atoms with Crippen LogP contribution >= 0.6 is 0 Å². The van der Waals surface area contributed by atoms with Crippen molar-refractivity contribution in [3.8, 4) is 0 Å². The molecule has 1 heterocycles. The summed E-state index contributed by atoms with van der Waals surface area (Å²) in [6, 6.07) is 4.19. The molecule has 1 fully saturated rings. The Labute approximate surface area is 126 Å². The van der Waals surface area contributed by atoms with E-state index in [1.54, 1.807) is 0 Å². The minimum absolute atomic E-state index is 0.0154. The highest BCUT2D eigenvalue weighted by atomic mass is 32.2. The van der Waals surface area contributed by atoms with Crippen LogP contribution in [0.5, 0.6) is 0 Å². The third-order valence-corrected chi connectivity index (χ3v) is 5.43. The average molecular weight is 329 g/mol. The maximum absolute atomic E-state index is 12.6. The molecule has 0 aliphatic carbocycles. The van der Waals surface area contributed by atoms with E-state index in [2.05, 4.69) is 5.32 Å². The van der Waals surface area contributed by atoms with E-state index in [4.69, 9.17) is 5.11 Å². The first-order valence-corrected chi connectivity index (χ1v) is 7.99. The van der Waals surface area contributed by atoms with Crippen molar-refractivity contribution in [3.05, 3.63) is 34.4 Å². The molecule has 0 bridgehead atoms. The lowest BCUT2D eigenvalue weighted by atomic mass is 10.2. The summed E-state index contributed by atoms with van der Waals surface area (Å²) in [5, 5.41) is 21.4. The molecule has 0 spiro atoms. The monoisotopic (exact) mass is 329 g/mol. The number of sulfonamides is 1. The van der Waals surface area contributed by atoms with E-state index in [0.717, 1.165) is 12.1 Å². The van der Waals surface area contributed by atoms with Crippen LogP contribution in [0.2, 0.25) is 0 Å². The first kappa shape index (κ1) is 16.2. The molecule has 1 saturated heterocycles. The second-order valence-electron chi connectivity index (χ2n) is 4.85. The molecule has 10 heteroatoms. The van der Waals surface area contributed by atoms with E-state index >= 15 is 0 Å². The minimum Gasteiger partial charge on any atom is -0.465 e. The summed E-state index contributed by atoms with van der Waals surface area (Å²) in [5.74, 6) is 0. The SMILES string of the molecule is O=C(O)NCC1CCCN1S(=O)(=O)c1ccc([N+](=O)[O-])cc1.